The molecule has 0 N–H and O–H groups in total. The second kappa shape index (κ2) is 11.9. The van der Waals surface area contributed by atoms with E-state index in [0.29, 0.717) is 16.5 Å². The molecule has 0 heterocycles. The van der Waals surface area contributed by atoms with Gasteiger partial charge in [-0.05, 0) is 65.5 Å². The lowest BCUT2D eigenvalue weighted by molar-refractivity contribution is -0.0498. The average Bonchev–Trinajstić information content (AvgIpc) is 2.86. The van der Waals surface area contributed by atoms with Crippen molar-refractivity contribution in [2.75, 3.05) is 0 Å². The topological polar surface area (TPSA) is 9.23 Å². The second-order valence-electron chi connectivity index (χ2n) is 9.01. The maximum atomic E-state index is 15.3. The van der Waals surface area contributed by atoms with Gasteiger partial charge >= 0.3 is 6.61 Å². The Labute approximate surface area is 205 Å². The number of aryl methyl sites for hydroxylation is 3. The third-order valence-electron chi connectivity index (χ3n) is 6.45. The predicted octanol–water partition coefficient (Wildman–Crippen LogP) is 9.16. The highest BCUT2D eigenvalue weighted by Crippen LogP contribution is 2.31. The lowest BCUT2D eigenvalue weighted by Crippen LogP contribution is -2.01. The van der Waals surface area contributed by atoms with E-state index in [0.717, 1.165) is 24.6 Å². The van der Waals surface area contributed by atoms with Crippen LogP contribution >= 0.6 is 0 Å². The third kappa shape index (κ3) is 6.66. The van der Waals surface area contributed by atoms with Crippen molar-refractivity contribution in [3.8, 4) is 16.9 Å². The summed E-state index contributed by atoms with van der Waals surface area (Å²) >= 11 is 0. The molecule has 0 spiro atoms. The molecule has 0 bridgehead atoms. The number of hydrogen-bond acceptors (Lipinski definition) is 1. The lowest BCUT2D eigenvalue weighted by Gasteiger charge is -2.10. The molecule has 0 atom stereocenters. The Bertz CT molecular complexity index is 1230. The van der Waals surface area contributed by atoms with Crippen LogP contribution in [0.3, 0.4) is 0 Å². The van der Waals surface area contributed by atoms with E-state index in [1.807, 2.05) is 24.3 Å². The monoisotopic (exact) mass is 476 g/mol. The molecule has 0 aliphatic carbocycles. The lowest BCUT2D eigenvalue weighted by atomic mass is 9.96. The van der Waals surface area contributed by atoms with Crippen LogP contribution in [-0.4, -0.2) is 6.61 Å². The molecule has 0 aliphatic rings. The van der Waals surface area contributed by atoms with Crippen LogP contribution in [0.2, 0.25) is 0 Å². The fraction of sp³-hybridized carbons (Fsp3) is 0.290. The van der Waals surface area contributed by atoms with E-state index >= 15 is 4.39 Å². The van der Waals surface area contributed by atoms with Crippen molar-refractivity contribution >= 4 is 10.8 Å². The molecule has 0 saturated heterocycles. The molecule has 1 nitrogen and oxygen atoms in total. The number of halogens is 3. The van der Waals surface area contributed by atoms with Crippen molar-refractivity contribution in [2.24, 2.45) is 0 Å². The number of ether oxygens (including phenoxy) is 1. The van der Waals surface area contributed by atoms with Crippen molar-refractivity contribution in [2.45, 2.75) is 58.5 Å². The first-order valence-electron chi connectivity index (χ1n) is 12.4. The molecule has 4 aromatic carbocycles. The van der Waals surface area contributed by atoms with Gasteiger partial charge in [0, 0.05) is 10.9 Å². The van der Waals surface area contributed by atoms with Gasteiger partial charge in [0.2, 0.25) is 0 Å². The Morgan fingerprint density at radius 2 is 1.34 bits per heavy atom. The minimum Gasteiger partial charge on any atom is -0.435 e. The zero-order chi connectivity index (χ0) is 24.6. The molecule has 182 valence electrons. The van der Waals surface area contributed by atoms with Crippen LogP contribution in [0.1, 0.15) is 49.3 Å². The van der Waals surface area contributed by atoms with Crippen molar-refractivity contribution in [1.29, 1.82) is 0 Å². The standard InChI is InChI=1S/C31H31F3O/c1-2-3-4-5-6-22-7-9-23(10-8-22)11-12-24-13-19-29-26(21-24)16-20-28(30(29)32)25-14-17-27(18-15-25)35-31(33)34/h7-10,13-21,31H,2-6,11-12H2,1H3. The van der Waals surface area contributed by atoms with Crippen LogP contribution in [-0.2, 0) is 19.3 Å². The Morgan fingerprint density at radius 3 is 2.03 bits per heavy atom. The van der Waals surface area contributed by atoms with E-state index in [1.54, 1.807) is 18.2 Å². The minimum atomic E-state index is -2.88. The smallest absolute Gasteiger partial charge is 0.387 e. The van der Waals surface area contributed by atoms with E-state index in [-0.39, 0.29) is 11.6 Å². The fourth-order valence-electron chi connectivity index (χ4n) is 4.45. The van der Waals surface area contributed by atoms with Gasteiger partial charge in [-0.25, -0.2) is 4.39 Å². The number of unbranched alkanes of at least 4 members (excludes halogenated alkanes) is 3. The molecule has 0 aromatic heterocycles. The van der Waals surface area contributed by atoms with E-state index in [9.17, 15) is 8.78 Å². The Balaban J connectivity index is 1.41. The van der Waals surface area contributed by atoms with Gasteiger partial charge in [-0.15, -0.1) is 0 Å². The number of benzene rings is 4. The first-order chi connectivity index (χ1) is 17.0. The Kier molecular flexibility index (Phi) is 8.46. The summed E-state index contributed by atoms with van der Waals surface area (Å²) in [7, 11) is 0. The van der Waals surface area contributed by atoms with Gasteiger partial charge in [0.15, 0.2) is 0 Å². The van der Waals surface area contributed by atoms with Gasteiger partial charge in [0.25, 0.3) is 0 Å². The first-order valence-corrected chi connectivity index (χ1v) is 12.4. The van der Waals surface area contributed by atoms with Crippen LogP contribution in [0.5, 0.6) is 5.75 Å². The highest BCUT2D eigenvalue weighted by Gasteiger charge is 2.11. The number of fused-ring (bicyclic) bond motifs is 1. The van der Waals surface area contributed by atoms with E-state index in [2.05, 4.69) is 35.9 Å². The van der Waals surface area contributed by atoms with Crippen LogP contribution in [0, 0.1) is 5.82 Å². The number of alkyl halides is 2. The molecule has 0 fully saturated rings. The molecule has 4 heteroatoms. The SMILES string of the molecule is CCCCCCc1ccc(CCc2ccc3c(F)c(-c4ccc(OC(F)F)cc4)ccc3c2)cc1. The summed E-state index contributed by atoms with van der Waals surface area (Å²) in [6, 6.07) is 24.5. The zero-order valence-corrected chi connectivity index (χ0v) is 20.1. The molecular weight excluding hydrogens is 445 g/mol. The Morgan fingerprint density at radius 1 is 0.686 bits per heavy atom. The highest BCUT2D eigenvalue weighted by molar-refractivity contribution is 5.88. The van der Waals surface area contributed by atoms with Crippen molar-refractivity contribution in [3.63, 3.8) is 0 Å². The largest absolute Gasteiger partial charge is 0.435 e. The zero-order valence-electron chi connectivity index (χ0n) is 20.1. The van der Waals surface area contributed by atoms with Crippen molar-refractivity contribution in [3.05, 3.63) is 101 Å². The summed E-state index contributed by atoms with van der Waals surface area (Å²) in [4.78, 5) is 0. The van der Waals surface area contributed by atoms with Crippen LogP contribution < -0.4 is 4.74 Å². The molecule has 4 rings (SSSR count). The first kappa shape index (κ1) is 24.8. The molecule has 4 aromatic rings. The molecule has 0 radical (unpaired) electrons. The summed E-state index contributed by atoms with van der Waals surface area (Å²) in [6.07, 6.45) is 8.09. The van der Waals surface area contributed by atoms with Crippen LogP contribution in [0.25, 0.3) is 21.9 Å². The molecule has 0 unspecified atom stereocenters. The van der Waals surface area contributed by atoms with Crippen LogP contribution in [0.15, 0.2) is 78.9 Å². The summed E-state index contributed by atoms with van der Waals surface area (Å²) in [6.45, 7) is -0.650. The maximum Gasteiger partial charge on any atom is 0.387 e. The third-order valence-corrected chi connectivity index (χ3v) is 6.45. The summed E-state index contributed by atoms with van der Waals surface area (Å²) in [5.41, 5.74) is 4.93. The van der Waals surface area contributed by atoms with Crippen molar-refractivity contribution < 1.29 is 17.9 Å². The van der Waals surface area contributed by atoms with Gasteiger partial charge in [0.1, 0.15) is 11.6 Å². The van der Waals surface area contributed by atoms with Gasteiger partial charge in [-0.1, -0.05) is 92.9 Å². The molecule has 0 amide bonds. The fourth-order valence-corrected chi connectivity index (χ4v) is 4.45. The quantitative estimate of drug-likeness (QED) is 0.196. The summed E-state index contributed by atoms with van der Waals surface area (Å²) < 4.78 is 44.4. The molecule has 0 aliphatic heterocycles. The summed E-state index contributed by atoms with van der Waals surface area (Å²) in [5.74, 6) is -0.262. The van der Waals surface area contributed by atoms with Gasteiger partial charge in [-0.2, -0.15) is 8.78 Å². The van der Waals surface area contributed by atoms with Gasteiger partial charge in [0.05, 0.1) is 0 Å². The molecule has 0 saturated carbocycles. The van der Waals surface area contributed by atoms with Gasteiger partial charge < -0.3 is 4.74 Å². The predicted molar refractivity (Wildman–Crippen MR) is 138 cm³/mol. The molecule has 35 heavy (non-hydrogen) atoms. The Hall–Kier alpha value is -3.27. The average molecular weight is 477 g/mol. The van der Waals surface area contributed by atoms with E-state index in [4.69, 9.17) is 0 Å². The molecular formula is C31H31F3O. The normalized spacial score (nSPS) is 11.3. The van der Waals surface area contributed by atoms with Crippen LogP contribution in [0.4, 0.5) is 13.2 Å². The second-order valence-corrected chi connectivity index (χ2v) is 9.01. The van der Waals surface area contributed by atoms with E-state index < -0.39 is 6.61 Å². The summed E-state index contributed by atoms with van der Waals surface area (Å²) in [5, 5.41) is 1.40. The van der Waals surface area contributed by atoms with Crippen molar-refractivity contribution in [1.82, 2.24) is 0 Å². The number of rotatable bonds is 11. The van der Waals surface area contributed by atoms with E-state index in [1.165, 1.54) is 54.5 Å². The van der Waals surface area contributed by atoms with Gasteiger partial charge in [-0.3, -0.25) is 0 Å². The minimum absolute atomic E-state index is 0.0520. The number of hydrogen-bond donors (Lipinski definition) is 0. The highest BCUT2D eigenvalue weighted by atomic mass is 19.3. The maximum absolute atomic E-state index is 15.3.